The minimum absolute atomic E-state index is 0.238. The van der Waals surface area contributed by atoms with Crippen LogP contribution in [-0.2, 0) is 14.3 Å². The largest absolute Gasteiger partial charge is 0.462 e. The number of aromatic nitrogens is 1. The third kappa shape index (κ3) is 3.45. The Morgan fingerprint density at radius 1 is 1.19 bits per heavy atom. The van der Waals surface area contributed by atoms with Crippen LogP contribution in [0.5, 0.6) is 0 Å². The molecule has 0 N–H and O–H groups in total. The number of esters is 1. The van der Waals surface area contributed by atoms with Crippen molar-refractivity contribution in [2.75, 3.05) is 20.3 Å². The van der Waals surface area contributed by atoms with Crippen molar-refractivity contribution < 1.29 is 14.3 Å². The molecular formula is C17H23NO3. The first-order valence-electron chi connectivity index (χ1n) is 7.30. The maximum absolute atomic E-state index is 12.0. The summed E-state index contributed by atoms with van der Waals surface area (Å²) in [4.78, 5) is 12.0. The molecule has 4 nitrogen and oxygen atoms in total. The van der Waals surface area contributed by atoms with Gasteiger partial charge in [0.25, 0.3) is 0 Å². The van der Waals surface area contributed by atoms with Gasteiger partial charge in [0.2, 0.25) is 0 Å². The van der Waals surface area contributed by atoms with Gasteiger partial charge in [-0.3, -0.25) is 0 Å². The van der Waals surface area contributed by atoms with E-state index in [0.717, 1.165) is 10.9 Å². The van der Waals surface area contributed by atoms with Gasteiger partial charge in [0.15, 0.2) is 0 Å². The lowest BCUT2D eigenvalue weighted by Crippen LogP contribution is -2.20. The minimum Gasteiger partial charge on any atom is -0.462 e. The summed E-state index contributed by atoms with van der Waals surface area (Å²) in [6, 6.07) is 8.07. The summed E-state index contributed by atoms with van der Waals surface area (Å²) >= 11 is 0. The van der Waals surface area contributed by atoms with Crippen LogP contribution in [0.15, 0.2) is 30.5 Å². The average molecular weight is 289 g/mol. The molecule has 21 heavy (non-hydrogen) atoms. The van der Waals surface area contributed by atoms with Gasteiger partial charge in [-0.25, -0.2) is 4.79 Å². The normalized spacial score (nSPS) is 12.8. The summed E-state index contributed by atoms with van der Waals surface area (Å²) in [5, 5.41) is 1.15. The summed E-state index contributed by atoms with van der Waals surface area (Å²) in [6.45, 7) is 6.91. The summed E-state index contributed by atoms with van der Waals surface area (Å²) in [7, 11) is 1.59. The molecule has 0 amide bonds. The third-order valence-corrected chi connectivity index (χ3v) is 3.70. The fourth-order valence-electron chi connectivity index (χ4n) is 2.34. The van der Waals surface area contributed by atoms with Crippen LogP contribution < -0.4 is 0 Å². The van der Waals surface area contributed by atoms with E-state index in [1.54, 1.807) is 7.11 Å². The van der Waals surface area contributed by atoms with Crippen LogP contribution in [0.2, 0.25) is 0 Å². The van der Waals surface area contributed by atoms with E-state index in [4.69, 9.17) is 9.47 Å². The van der Waals surface area contributed by atoms with Gasteiger partial charge in [-0.05, 0) is 42.0 Å². The van der Waals surface area contributed by atoms with Gasteiger partial charge in [-0.2, -0.15) is 0 Å². The molecule has 2 aromatic rings. The quantitative estimate of drug-likeness (QED) is 0.603. The molecule has 0 fully saturated rings. The third-order valence-electron chi connectivity index (χ3n) is 3.70. The Kier molecular flexibility index (Phi) is 5.02. The van der Waals surface area contributed by atoms with E-state index in [0.29, 0.717) is 12.5 Å². The van der Waals surface area contributed by atoms with E-state index >= 15 is 0 Å². The predicted molar refractivity (Wildman–Crippen MR) is 83.6 cm³/mol. The zero-order chi connectivity index (χ0) is 15.4. The molecule has 0 spiro atoms. The second-order valence-electron chi connectivity index (χ2n) is 5.53. The van der Waals surface area contributed by atoms with Gasteiger partial charge in [0, 0.05) is 18.8 Å². The molecule has 0 aliphatic carbocycles. The van der Waals surface area contributed by atoms with Gasteiger partial charge in [-0.15, -0.1) is 0 Å². The van der Waals surface area contributed by atoms with Crippen molar-refractivity contribution in [2.24, 2.45) is 0 Å². The summed E-state index contributed by atoms with van der Waals surface area (Å²) in [6.07, 6.45) is 1.94. The van der Waals surface area contributed by atoms with Gasteiger partial charge < -0.3 is 14.0 Å². The number of fused-ring (bicyclic) bond motifs is 1. The Hall–Kier alpha value is -1.81. The number of hydrogen-bond acceptors (Lipinski definition) is 3. The molecule has 0 aliphatic heterocycles. The van der Waals surface area contributed by atoms with Gasteiger partial charge in [0.1, 0.15) is 12.6 Å². The highest BCUT2D eigenvalue weighted by Gasteiger charge is 2.18. The number of ether oxygens (including phenoxy) is 2. The summed E-state index contributed by atoms with van der Waals surface area (Å²) < 4.78 is 12.0. The predicted octanol–water partition coefficient (Wildman–Crippen LogP) is 3.52. The van der Waals surface area contributed by atoms with Crippen molar-refractivity contribution in [2.45, 2.75) is 32.7 Å². The van der Waals surface area contributed by atoms with E-state index in [2.05, 4.69) is 32.0 Å². The number of methoxy groups -OCH3 is 1. The van der Waals surface area contributed by atoms with Gasteiger partial charge >= 0.3 is 5.97 Å². The minimum atomic E-state index is -0.343. The zero-order valence-corrected chi connectivity index (χ0v) is 13.1. The summed E-state index contributed by atoms with van der Waals surface area (Å²) in [5.41, 5.74) is 2.35. The Balaban J connectivity index is 2.20. The van der Waals surface area contributed by atoms with Gasteiger partial charge in [-0.1, -0.05) is 19.9 Å². The van der Waals surface area contributed by atoms with E-state index in [-0.39, 0.29) is 18.6 Å². The van der Waals surface area contributed by atoms with E-state index < -0.39 is 0 Å². The molecule has 4 heteroatoms. The smallest absolute Gasteiger partial charge is 0.328 e. The first kappa shape index (κ1) is 15.6. The van der Waals surface area contributed by atoms with Crippen LogP contribution in [0.4, 0.5) is 0 Å². The highest BCUT2D eigenvalue weighted by atomic mass is 16.6. The van der Waals surface area contributed by atoms with Gasteiger partial charge in [0.05, 0.1) is 6.61 Å². The molecular weight excluding hydrogens is 266 g/mol. The molecule has 1 aromatic carbocycles. The number of carbonyl (C=O) groups is 1. The first-order valence-corrected chi connectivity index (χ1v) is 7.30. The average Bonchev–Trinajstić information content (AvgIpc) is 2.89. The lowest BCUT2D eigenvalue weighted by Gasteiger charge is -2.15. The molecule has 0 saturated heterocycles. The number of rotatable bonds is 6. The second-order valence-corrected chi connectivity index (χ2v) is 5.53. The maximum atomic E-state index is 12.0. The monoisotopic (exact) mass is 289 g/mol. The molecule has 1 atom stereocenters. The highest BCUT2D eigenvalue weighted by Crippen LogP contribution is 2.25. The Labute approximate surface area is 125 Å². The van der Waals surface area contributed by atoms with E-state index in [1.165, 1.54) is 5.56 Å². The Morgan fingerprint density at radius 2 is 1.95 bits per heavy atom. The van der Waals surface area contributed by atoms with Crippen molar-refractivity contribution in [3.8, 4) is 0 Å². The lowest BCUT2D eigenvalue weighted by atomic mass is 10.0. The molecule has 0 saturated carbocycles. The molecule has 2 rings (SSSR count). The van der Waals surface area contributed by atoms with Crippen molar-refractivity contribution >= 4 is 16.9 Å². The zero-order valence-electron chi connectivity index (χ0n) is 13.1. The standard InChI is InChI=1S/C17H23NO3/c1-12(2)14-5-6-16-15(11-14)7-8-18(16)13(3)17(19)21-10-9-20-4/h5-8,11-13H,9-10H2,1-4H3. The molecule has 0 bridgehead atoms. The Bertz CT molecular complexity index is 616. The van der Waals surface area contributed by atoms with Crippen molar-refractivity contribution in [3.05, 3.63) is 36.0 Å². The molecule has 0 radical (unpaired) electrons. The van der Waals surface area contributed by atoms with Crippen LogP contribution in [0.1, 0.15) is 38.3 Å². The fraction of sp³-hybridized carbons (Fsp3) is 0.471. The number of nitrogens with zero attached hydrogens (tertiary/aromatic N) is 1. The molecule has 1 heterocycles. The fourth-order valence-corrected chi connectivity index (χ4v) is 2.34. The van der Waals surface area contributed by atoms with Crippen LogP contribution in [0.25, 0.3) is 10.9 Å². The van der Waals surface area contributed by atoms with Crippen molar-refractivity contribution in [1.29, 1.82) is 0 Å². The number of hydrogen-bond donors (Lipinski definition) is 0. The second kappa shape index (κ2) is 6.76. The van der Waals surface area contributed by atoms with Crippen LogP contribution in [0, 0.1) is 0 Å². The lowest BCUT2D eigenvalue weighted by molar-refractivity contribution is -0.148. The van der Waals surface area contributed by atoms with Crippen LogP contribution in [-0.4, -0.2) is 30.9 Å². The molecule has 1 unspecified atom stereocenters. The first-order chi connectivity index (χ1) is 10.0. The highest BCUT2D eigenvalue weighted by molar-refractivity contribution is 5.84. The van der Waals surface area contributed by atoms with Crippen molar-refractivity contribution in [1.82, 2.24) is 4.57 Å². The SMILES string of the molecule is COCCOC(=O)C(C)n1ccc2cc(C(C)C)ccc21. The topological polar surface area (TPSA) is 40.5 Å². The molecule has 0 aliphatic rings. The number of carbonyl (C=O) groups excluding carboxylic acids is 1. The number of benzene rings is 1. The summed E-state index contributed by atoms with van der Waals surface area (Å²) in [5.74, 6) is 0.256. The maximum Gasteiger partial charge on any atom is 0.328 e. The van der Waals surface area contributed by atoms with Crippen LogP contribution in [0.3, 0.4) is 0 Å². The Morgan fingerprint density at radius 3 is 2.62 bits per heavy atom. The van der Waals surface area contributed by atoms with E-state index in [1.807, 2.05) is 23.8 Å². The molecule has 114 valence electrons. The molecule has 1 aromatic heterocycles. The van der Waals surface area contributed by atoms with Crippen LogP contribution >= 0.6 is 0 Å². The van der Waals surface area contributed by atoms with E-state index in [9.17, 15) is 4.79 Å². The van der Waals surface area contributed by atoms with Crippen molar-refractivity contribution in [3.63, 3.8) is 0 Å².